The number of hydrogen-bond acceptors (Lipinski definition) is 8. The number of carbonyl (C=O) groups excluding carboxylic acids is 1. The molecule has 9 nitrogen and oxygen atoms in total. The third-order valence-corrected chi connectivity index (χ3v) is 12.7. The largest absolute Gasteiger partial charge is 0.376 e. The molecule has 0 saturated heterocycles. The van der Waals surface area contributed by atoms with Gasteiger partial charge >= 0.3 is 0 Å². The first-order valence-electron chi connectivity index (χ1n) is 18.5. The minimum atomic E-state index is -4.42. The molecule has 1 amide bonds. The summed E-state index contributed by atoms with van der Waals surface area (Å²) in [5.74, 6) is 0.383. The van der Waals surface area contributed by atoms with Crippen molar-refractivity contribution in [3.63, 3.8) is 0 Å². The first-order valence-corrected chi connectivity index (χ1v) is 21.4. The normalized spacial score (nSPS) is 16.0. The lowest BCUT2D eigenvalue weighted by atomic mass is 9.81. The van der Waals surface area contributed by atoms with E-state index in [0.29, 0.717) is 23.1 Å². The van der Waals surface area contributed by atoms with E-state index < -0.39 is 26.5 Å². The number of anilines is 1. The summed E-state index contributed by atoms with van der Waals surface area (Å²) in [5.41, 5.74) is 4.65. The molecule has 2 unspecified atom stereocenters. The zero-order chi connectivity index (χ0) is 39.7. The standard InChI is InChI=1S/C44H45ClN4O5S2/c1-48(2)27-26-38(30-55-39-9-4-3-5-10-39)46-42-25-24-40(29-43(42)49(51)52)56(53,54)47-44(50)35-18-16-33(17-19-35)32-14-12-31(13-15-32)28-36-8-6-7-11-41(36)34-20-22-37(45)23-21-34/h3-12,14,16-25,29,31-32,38,46H,13,15,26-28,30H2,1-2H3,(H,47,50)/t31?,32?,38-/m1/s1. The second-order valence-corrected chi connectivity index (χ2v) is 17.5. The molecule has 3 atom stereocenters. The van der Waals surface area contributed by atoms with E-state index in [0.717, 1.165) is 47.9 Å². The van der Waals surface area contributed by atoms with Crippen molar-refractivity contribution in [3.8, 4) is 11.1 Å². The molecule has 0 saturated carbocycles. The van der Waals surface area contributed by atoms with Crippen molar-refractivity contribution >= 4 is 50.7 Å². The lowest BCUT2D eigenvalue weighted by Gasteiger charge is -2.24. The Bertz CT molecular complexity index is 2270. The van der Waals surface area contributed by atoms with Gasteiger partial charge in [-0.25, -0.2) is 13.1 Å². The summed E-state index contributed by atoms with van der Waals surface area (Å²) in [6.45, 7) is 0.750. The number of hydrogen-bond donors (Lipinski definition) is 2. The van der Waals surface area contributed by atoms with Gasteiger partial charge in [-0.05, 0) is 123 Å². The van der Waals surface area contributed by atoms with Crippen LogP contribution in [0.25, 0.3) is 11.1 Å². The Labute approximate surface area is 338 Å². The Morgan fingerprint density at radius 3 is 2.30 bits per heavy atom. The molecule has 2 N–H and O–H groups in total. The van der Waals surface area contributed by atoms with Crippen LogP contribution in [0, 0.1) is 16.0 Å². The van der Waals surface area contributed by atoms with Crippen LogP contribution in [0.3, 0.4) is 0 Å². The van der Waals surface area contributed by atoms with E-state index in [1.165, 1.54) is 23.3 Å². The minimum absolute atomic E-state index is 0.139. The Balaban J connectivity index is 1.08. The van der Waals surface area contributed by atoms with Crippen molar-refractivity contribution in [3.05, 3.63) is 165 Å². The average molecular weight is 809 g/mol. The SMILES string of the molecule is CN(C)CC[C@H](CSc1ccccc1)Nc1ccc(S(=O)(=O)NC(=O)c2ccc(C3C=CC(Cc4ccccc4-c4ccc(Cl)cc4)CC3)cc2)cc1[N+](=O)[O-]. The number of halogens is 1. The van der Waals surface area contributed by atoms with Crippen LogP contribution in [0.2, 0.25) is 5.02 Å². The van der Waals surface area contributed by atoms with Crippen molar-refractivity contribution in [1.29, 1.82) is 0 Å². The molecule has 6 rings (SSSR count). The van der Waals surface area contributed by atoms with Crippen molar-refractivity contribution in [1.82, 2.24) is 9.62 Å². The molecule has 0 bridgehead atoms. The fourth-order valence-electron chi connectivity index (χ4n) is 6.84. The second kappa shape index (κ2) is 18.8. The van der Waals surface area contributed by atoms with E-state index in [9.17, 15) is 23.3 Å². The summed E-state index contributed by atoms with van der Waals surface area (Å²) in [5, 5.41) is 16.2. The Kier molecular flexibility index (Phi) is 13.7. The van der Waals surface area contributed by atoms with Crippen molar-refractivity contribution < 1.29 is 18.1 Å². The molecule has 1 aliphatic carbocycles. The molecule has 0 aliphatic heterocycles. The van der Waals surface area contributed by atoms with Gasteiger partial charge in [0, 0.05) is 39.3 Å². The molecule has 56 heavy (non-hydrogen) atoms. The Morgan fingerprint density at radius 2 is 1.62 bits per heavy atom. The third kappa shape index (κ3) is 10.9. The number of nitrogens with zero attached hydrogens (tertiary/aromatic N) is 2. The minimum Gasteiger partial charge on any atom is -0.376 e. The summed E-state index contributed by atoms with van der Waals surface area (Å²) >= 11 is 7.75. The second-order valence-electron chi connectivity index (χ2n) is 14.2. The van der Waals surface area contributed by atoms with Crippen LogP contribution in [-0.4, -0.2) is 56.6 Å². The van der Waals surface area contributed by atoms with Gasteiger partial charge in [0.2, 0.25) is 0 Å². The van der Waals surface area contributed by atoms with E-state index in [-0.39, 0.29) is 28.1 Å². The maximum absolute atomic E-state index is 13.4. The van der Waals surface area contributed by atoms with Gasteiger partial charge in [-0.3, -0.25) is 14.9 Å². The first-order chi connectivity index (χ1) is 26.9. The highest BCUT2D eigenvalue weighted by molar-refractivity contribution is 7.99. The molecule has 0 radical (unpaired) electrons. The maximum atomic E-state index is 13.4. The van der Waals surface area contributed by atoms with Gasteiger partial charge in [0.25, 0.3) is 21.6 Å². The summed E-state index contributed by atoms with van der Waals surface area (Å²) in [4.78, 5) is 27.5. The number of thioether (sulfide) groups is 1. The summed E-state index contributed by atoms with van der Waals surface area (Å²) < 4.78 is 28.8. The van der Waals surface area contributed by atoms with Crippen molar-refractivity contribution in [2.45, 2.75) is 47.4 Å². The van der Waals surface area contributed by atoms with Gasteiger partial charge in [0.15, 0.2) is 0 Å². The Morgan fingerprint density at radius 1 is 0.911 bits per heavy atom. The zero-order valence-electron chi connectivity index (χ0n) is 31.3. The molecule has 5 aromatic carbocycles. The smallest absolute Gasteiger partial charge is 0.293 e. The summed E-state index contributed by atoms with van der Waals surface area (Å²) in [7, 11) is -0.502. The lowest BCUT2D eigenvalue weighted by molar-refractivity contribution is -0.384. The molecule has 0 spiro atoms. The highest BCUT2D eigenvalue weighted by atomic mass is 35.5. The van der Waals surface area contributed by atoms with Gasteiger partial charge in [-0.1, -0.05) is 90.5 Å². The molecule has 5 aromatic rings. The number of nitrogens with one attached hydrogen (secondary N) is 2. The van der Waals surface area contributed by atoms with Gasteiger partial charge < -0.3 is 10.2 Å². The van der Waals surface area contributed by atoms with Crippen LogP contribution < -0.4 is 10.0 Å². The highest BCUT2D eigenvalue weighted by Gasteiger charge is 2.26. The predicted octanol–water partition coefficient (Wildman–Crippen LogP) is 9.85. The molecule has 290 valence electrons. The van der Waals surface area contributed by atoms with Gasteiger partial charge in [-0.15, -0.1) is 11.8 Å². The molecule has 12 heteroatoms. The highest BCUT2D eigenvalue weighted by Crippen LogP contribution is 2.35. The average Bonchev–Trinajstić information content (AvgIpc) is 3.20. The molecule has 0 heterocycles. The summed E-state index contributed by atoms with van der Waals surface area (Å²) in [6.07, 6.45) is 8.06. The molecule has 1 aliphatic rings. The predicted molar refractivity (Wildman–Crippen MR) is 227 cm³/mol. The lowest BCUT2D eigenvalue weighted by Crippen LogP contribution is -2.31. The number of sulfonamides is 1. The van der Waals surface area contributed by atoms with Gasteiger partial charge in [-0.2, -0.15) is 0 Å². The number of rotatable bonds is 16. The molecule has 0 aromatic heterocycles. The van der Waals surface area contributed by atoms with Crippen LogP contribution >= 0.6 is 23.4 Å². The zero-order valence-corrected chi connectivity index (χ0v) is 33.7. The van der Waals surface area contributed by atoms with Crippen LogP contribution in [0.5, 0.6) is 0 Å². The molecular formula is C44H45ClN4O5S2. The first kappa shape index (κ1) is 40.7. The van der Waals surface area contributed by atoms with Crippen molar-refractivity contribution in [2.75, 3.05) is 31.7 Å². The summed E-state index contributed by atoms with van der Waals surface area (Å²) in [6, 6.07) is 36.7. The maximum Gasteiger partial charge on any atom is 0.293 e. The van der Waals surface area contributed by atoms with Crippen molar-refractivity contribution in [2.24, 2.45) is 5.92 Å². The van der Waals surface area contributed by atoms with E-state index in [1.807, 2.05) is 85.7 Å². The van der Waals surface area contributed by atoms with E-state index in [4.69, 9.17) is 11.6 Å². The topological polar surface area (TPSA) is 122 Å². The van der Waals surface area contributed by atoms with Gasteiger partial charge in [0.1, 0.15) is 5.69 Å². The van der Waals surface area contributed by atoms with Crippen LogP contribution in [0.4, 0.5) is 11.4 Å². The number of carbonyl (C=O) groups is 1. The van der Waals surface area contributed by atoms with Crippen LogP contribution in [-0.2, 0) is 16.4 Å². The number of nitro benzene ring substituents is 1. The van der Waals surface area contributed by atoms with Crippen LogP contribution in [0.15, 0.2) is 143 Å². The van der Waals surface area contributed by atoms with E-state index in [1.54, 1.807) is 23.9 Å². The fraction of sp³-hybridized carbons (Fsp3) is 0.250. The molecular weight excluding hydrogens is 764 g/mol. The Hall–Kier alpha value is -4.94. The number of nitro groups is 1. The monoisotopic (exact) mass is 808 g/mol. The third-order valence-electron chi connectivity index (χ3n) is 9.90. The number of benzene rings is 5. The van der Waals surface area contributed by atoms with Gasteiger partial charge in [0.05, 0.1) is 9.82 Å². The van der Waals surface area contributed by atoms with Crippen LogP contribution in [0.1, 0.15) is 46.7 Å². The van der Waals surface area contributed by atoms with E-state index in [2.05, 4.69) is 46.5 Å². The molecule has 0 fully saturated rings. The fourth-order valence-corrected chi connectivity index (χ4v) is 8.95. The van der Waals surface area contributed by atoms with E-state index >= 15 is 0 Å². The quantitative estimate of drug-likeness (QED) is 0.0438. The number of allylic oxidation sites excluding steroid dienone is 2. The number of amides is 1.